The summed E-state index contributed by atoms with van der Waals surface area (Å²) in [5.74, 6) is 2.04. The van der Waals surface area contributed by atoms with Crippen LogP contribution >= 0.6 is 0 Å². The zero-order chi connectivity index (χ0) is 27.4. The molecule has 39 heavy (non-hydrogen) atoms. The average Bonchev–Trinajstić information content (AvgIpc) is 2.94. The van der Waals surface area contributed by atoms with Gasteiger partial charge in [-0.2, -0.15) is 13.2 Å². The molecule has 0 bridgehead atoms. The summed E-state index contributed by atoms with van der Waals surface area (Å²) in [5, 5.41) is 3.79. The molecule has 0 radical (unpaired) electrons. The van der Waals surface area contributed by atoms with Gasteiger partial charge in [0.05, 0.1) is 5.56 Å². The summed E-state index contributed by atoms with van der Waals surface area (Å²) in [6.45, 7) is 1.81. The Morgan fingerprint density at radius 2 is 1.69 bits per heavy atom. The lowest BCUT2D eigenvalue weighted by molar-refractivity contribution is -0.137. The van der Waals surface area contributed by atoms with E-state index in [1.54, 1.807) is 12.1 Å². The van der Waals surface area contributed by atoms with Crippen LogP contribution in [0.5, 0.6) is 0 Å². The maximum atomic E-state index is 13.0. The molecule has 3 aromatic rings. The zero-order valence-corrected chi connectivity index (χ0v) is 22.9. The number of piperidine rings is 1. The Morgan fingerprint density at radius 3 is 2.46 bits per heavy atom. The van der Waals surface area contributed by atoms with Crippen LogP contribution in [0.15, 0.2) is 66.9 Å². The lowest BCUT2D eigenvalue weighted by atomic mass is 9.77. The highest BCUT2D eigenvalue weighted by Crippen LogP contribution is 2.36. The van der Waals surface area contributed by atoms with E-state index in [0.717, 1.165) is 49.4 Å². The molecule has 1 aliphatic heterocycles. The first-order chi connectivity index (χ1) is 18.8. The fraction of sp³-hybridized carbons (Fsp3) is 0.469. The van der Waals surface area contributed by atoms with Gasteiger partial charge in [-0.05, 0) is 104 Å². The third kappa shape index (κ3) is 6.87. The predicted octanol–water partition coefficient (Wildman–Crippen LogP) is 8.11. The third-order valence-corrected chi connectivity index (χ3v) is 8.41. The molecule has 0 spiro atoms. The van der Waals surface area contributed by atoms with E-state index in [1.165, 1.54) is 49.1 Å². The third-order valence-electron chi connectivity index (χ3n) is 8.41. The van der Waals surface area contributed by atoms with Crippen molar-refractivity contribution in [2.45, 2.75) is 57.2 Å². The van der Waals surface area contributed by atoms with Crippen molar-refractivity contribution in [2.24, 2.45) is 11.8 Å². The molecule has 1 saturated carbocycles. The van der Waals surface area contributed by atoms with Crippen molar-refractivity contribution in [1.29, 1.82) is 0 Å². The number of nitrogens with zero attached hydrogens (tertiary/aromatic N) is 3. The summed E-state index contributed by atoms with van der Waals surface area (Å²) in [5.41, 5.74) is 3.81. The molecule has 0 amide bonds. The number of alkyl halides is 3. The lowest BCUT2D eigenvalue weighted by Crippen LogP contribution is -2.39. The zero-order valence-electron chi connectivity index (χ0n) is 22.9. The molecule has 2 fully saturated rings. The molecule has 7 heteroatoms. The van der Waals surface area contributed by atoms with Crippen molar-refractivity contribution in [3.05, 3.63) is 72.4 Å². The molecule has 1 N–H and O–H groups in total. The second-order valence-corrected chi connectivity index (χ2v) is 11.4. The molecule has 5 rings (SSSR count). The first kappa shape index (κ1) is 27.4. The molecule has 2 heterocycles. The topological polar surface area (TPSA) is 31.4 Å². The van der Waals surface area contributed by atoms with Crippen molar-refractivity contribution in [3.8, 4) is 11.1 Å². The van der Waals surface area contributed by atoms with E-state index in [4.69, 9.17) is 0 Å². The van der Waals surface area contributed by atoms with Gasteiger partial charge in [0.15, 0.2) is 0 Å². The smallest absolute Gasteiger partial charge is 0.378 e. The fourth-order valence-electron chi connectivity index (χ4n) is 6.30. The minimum Gasteiger partial charge on any atom is -0.378 e. The number of halogens is 3. The lowest BCUT2D eigenvalue weighted by Gasteiger charge is -2.39. The van der Waals surface area contributed by atoms with Gasteiger partial charge in [0.25, 0.3) is 0 Å². The van der Waals surface area contributed by atoms with Gasteiger partial charge >= 0.3 is 6.18 Å². The quantitative estimate of drug-likeness (QED) is 0.331. The molecule has 3 atom stereocenters. The normalized spacial score (nSPS) is 22.0. The van der Waals surface area contributed by atoms with Crippen molar-refractivity contribution in [3.63, 3.8) is 0 Å². The number of nitrogens with one attached hydrogen (secondary N) is 1. The number of anilines is 3. The Kier molecular flexibility index (Phi) is 8.34. The van der Waals surface area contributed by atoms with Gasteiger partial charge in [-0.1, -0.05) is 25.0 Å². The van der Waals surface area contributed by atoms with Gasteiger partial charge in [0.2, 0.25) is 0 Å². The van der Waals surface area contributed by atoms with Gasteiger partial charge in [-0.25, -0.2) is 4.98 Å². The van der Waals surface area contributed by atoms with E-state index >= 15 is 0 Å². The van der Waals surface area contributed by atoms with Crippen LogP contribution in [0.3, 0.4) is 0 Å². The standard InChI is InChI=1S/C32H39F3N4/c1-38(2)29-10-5-9-24(20-29)25-16-17-36-31(21-25)37-30-11-4-3-8-26(30)19-23-7-6-18-39(22-23)28-14-12-27(13-15-28)32(33,34)35/h5,9-10,12-17,20-21,23,26,30H,3-4,6-8,11,18-19,22H2,1-2H3,(H,36,37)/t23-,26+,30-/m1/s1. The van der Waals surface area contributed by atoms with E-state index < -0.39 is 11.7 Å². The van der Waals surface area contributed by atoms with Crippen molar-refractivity contribution in [1.82, 2.24) is 4.98 Å². The number of benzene rings is 2. The number of rotatable bonds is 7. The summed E-state index contributed by atoms with van der Waals surface area (Å²) >= 11 is 0. The maximum absolute atomic E-state index is 13.0. The summed E-state index contributed by atoms with van der Waals surface area (Å²) in [7, 11) is 4.11. The van der Waals surface area contributed by atoms with Crippen molar-refractivity contribution < 1.29 is 13.2 Å². The highest BCUT2D eigenvalue weighted by Gasteiger charge is 2.32. The molecule has 1 saturated heterocycles. The van der Waals surface area contributed by atoms with E-state index in [2.05, 4.69) is 70.6 Å². The van der Waals surface area contributed by atoms with Crippen LogP contribution in [-0.4, -0.2) is 38.2 Å². The summed E-state index contributed by atoms with van der Waals surface area (Å²) < 4.78 is 39.0. The van der Waals surface area contributed by atoms with Crippen LogP contribution in [0.2, 0.25) is 0 Å². The number of aromatic nitrogens is 1. The van der Waals surface area contributed by atoms with Crippen LogP contribution in [0, 0.1) is 11.8 Å². The van der Waals surface area contributed by atoms with E-state index in [1.807, 2.05) is 6.20 Å². The molecular weight excluding hydrogens is 497 g/mol. The van der Waals surface area contributed by atoms with Crippen LogP contribution in [0.4, 0.5) is 30.4 Å². The Morgan fingerprint density at radius 1 is 0.923 bits per heavy atom. The van der Waals surface area contributed by atoms with Crippen LogP contribution < -0.4 is 15.1 Å². The largest absolute Gasteiger partial charge is 0.416 e. The first-order valence-electron chi connectivity index (χ1n) is 14.2. The molecule has 208 valence electrons. The molecule has 4 nitrogen and oxygen atoms in total. The highest BCUT2D eigenvalue weighted by molar-refractivity contribution is 5.70. The highest BCUT2D eigenvalue weighted by atomic mass is 19.4. The van der Waals surface area contributed by atoms with Gasteiger partial charge in [-0.15, -0.1) is 0 Å². The molecular formula is C32H39F3N4. The molecule has 2 aliphatic rings. The molecule has 0 unspecified atom stereocenters. The Hall–Kier alpha value is -3.22. The van der Waals surface area contributed by atoms with E-state index in [-0.39, 0.29) is 0 Å². The summed E-state index contributed by atoms with van der Waals surface area (Å²) in [6.07, 6.45) is 5.81. The Bertz CT molecular complexity index is 1220. The van der Waals surface area contributed by atoms with E-state index in [9.17, 15) is 13.2 Å². The number of pyridine rings is 1. The van der Waals surface area contributed by atoms with Gasteiger partial charge in [0.1, 0.15) is 5.82 Å². The summed E-state index contributed by atoms with van der Waals surface area (Å²) in [6, 6.07) is 18.8. The maximum Gasteiger partial charge on any atom is 0.416 e. The van der Waals surface area contributed by atoms with Gasteiger partial charge < -0.3 is 15.1 Å². The molecule has 2 aromatic carbocycles. The van der Waals surface area contributed by atoms with Crippen LogP contribution in [0.25, 0.3) is 11.1 Å². The fourth-order valence-corrected chi connectivity index (χ4v) is 6.30. The minimum atomic E-state index is -4.30. The second kappa shape index (κ2) is 11.9. The predicted molar refractivity (Wildman–Crippen MR) is 154 cm³/mol. The van der Waals surface area contributed by atoms with Crippen molar-refractivity contribution >= 4 is 17.2 Å². The SMILES string of the molecule is CN(C)c1cccc(-c2ccnc(N[C@@H]3CCCC[C@H]3C[C@H]3CCCN(c4ccc(C(F)(F)F)cc4)C3)c2)c1. The second-order valence-electron chi connectivity index (χ2n) is 11.4. The number of hydrogen-bond acceptors (Lipinski definition) is 4. The van der Waals surface area contributed by atoms with Gasteiger partial charge in [0, 0.05) is 50.8 Å². The monoisotopic (exact) mass is 536 g/mol. The molecule has 1 aliphatic carbocycles. The first-order valence-corrected chi connectivity index (χ1v) is 14.2. The minimum absolute atomic E-state index is 0.385. The number of hydrogen-bond donors (Lipinski definition) is 1. The Labute approximate surface area is 230 Å². The van der Waals surface area contributed by atoms with Gasteiger partial charge in [-0.3, -0.25) is 0 Å². The molecule has 1 aromatic heterocycles. The average molecular weight is 537 g/mol. The summed E-state index contributed by atoms with van der Waals surface area (Å²) in [4.78, 5) is 9.05. The Balaban J connectivity index is 1.24. The van der Waals surface area contributed by atoms with Crippen LogP contribution in [0.1, 0.15) is 50.5 Å². The van der Waals surface area contributed by atoms with Crippen molar-refractivity contribution in [2.75, 3.05) is 42.3 Å². The van der Waals surface area contributed by atoms with Crippen LogP contribution in [-0.2, 0) is 6.18 Å². The van der Waals surface area contributed by atoms with E-state index in [0.29, 0.717) is 17.9 Å².